The molecule has 0 radical (unpaired) electrons. The Hall–Kier alpha value is -3.65. The molecule has 4 rings (SSSR count). The molecule has 1 aromatic heterocycles. The van der Waals surface area contributed by atoms with Gasteiger partial charge >= 0.3 is 0 Å². The minimum Gasteiger partial charge on any atom is -0.490 e. The molecule has 0 saturated heterocycles. The second-order valence-electron chi connectivity index (χ2n) is 7.30. The molecule has 1 amide bonds. The highest BCUT2D eigenvalue weighted by atomic mass is 79.9. The Kier molecular flexibility index (Phi) is 6.74. The molecule has 0 unspecified atom stereocenters. The predicted octanol–water partition coefficient (Wildman–Crippen LogP) is 5.08. The van der Waals surface area contributed by atoms with Gasteiger partial charge < -0.3 is 19.8 Å². The van der Waals surface area contributed by atoms with Crippen molar-refractivity contribution in [3.05, 3.63) is 81.1 Å². The van der Waals surface area contributed by atoms with Crippen LogP contribution in [0.4, 0.5) is 5.69 Å². The first-order valence-corrected chi connectivity index (χ1v) is 11.2. The van der Waals surface area contributed by atoms with E-state index >= 15 is 0 Å². The molecular formula is C25H22BrN3O4. The van der Waals surface area contributed by atoms with Crippen LogP contribution >= 0.6 is 15.9 Å². The van der Waals surface area contributed by atoms with Crippen molar-refractivity contribution < 1.29 is 14.3 Å². The van der Waals surface area contributed by atoms with E-state index in [2.05, 4.69) is 31.2 Å². The van der Waals surface area contributed by atoms with E-state index in [4.69, 9.17) is 9.47 Å². The van der Waals surface area contributed by atoms with E-state index in [9.17, 15) is 9.59 Å². The molecule has 4 aromatic rings. The van der Waals surface area contributed by atoms with Gasteiger partial charge in [-0.25, -0.2) is 4.98 Å². The number of anilines is 1. The number of fused-ring (bicyclic) bond motifs is 1. The molecule has 0 aliphatic carbocycles. The number of nitrogens with zero attached hydrogens (tertiary/aromatic N) is 1. The molecule has 168 valence electrons. The van der Waals surface area contributed by atoms with Crippen LogP contribution in [0.25, 0.3) is 22.3 Å². The lowest BCUT2D eigenvalue weighted by atomic mass is 10.1. The molecule has 8 heteroatoms. The van der Waals surface area contributed by atoms with Gasteiger partial charge in [0.05, 0.1) is 22.0 Å². The highest BCUT2D eigenvalue weighted by molar-refractivity contribution is 9.10. The Balaban J connectivity index is 1.60. The summed E-state index contributed by atoms with van der Waals surface area (Å²) in [6.07, 6.45) is 0. The summed E-state index contributed by atoms with van der Waals surface area (Å²) in [6, 6.07) is 18.2. The number of aromatic amines is 1. The molecule has 0 saturated carbocycles. The Bertz CT molecular complexity index is 1380. The maximum absolute atomic E-state index is 12.5. The lowest BCUT2D eigenvalue weighted by molar-refractivity contribution is -0.118. The van der Waals surface area contributed by atoms with Crippen molar-refractivity contribution in [1.82, 2.24) is 9.97 Å². The summed E-state index contributed by atoms with van der Waals surface area (Å²) in [4.78, 5) is 32.3. The average Bonchev–Trinajstić information content (AvgIpc) is 2.80. The van der Waals surface area contributed by atoms with Crippen molar-refractivity contribution in [1.29, 1.82) is 0 Å². The topological polar surface area (TPSA) is 93.3 Å². The zero-order chi connectivity index (χ0) is 23.4. The third-order valence-electron chi connectivity index (χ3n) is 4.96. The second kappa shape index (κ2) is 9.87. The maximum Gasteiger partial charge on any atom is 0.262 e. The Morgan fingerprint density at radius 2 is 1.85 bits per heavy atom. The number of hydrogen-bond acceptors (Lipinski definition) is 5. The predicted molar refractivity (Wildman–Crippen MR) is 132 cm³/mol. The number of ether oxygens (including phenoxy) is 2. The zero-order valence-corrected chi connectivity index (χ0v) is 19.7. The molecule has 0 aliphatic rings. The smallest absolute Gasteiger partial charge is 0.262 e. The van der Waals surface area contributed by atoms with Crippen molar-refractivity contribution in [2.75, 3.05) is 18.5 Å². The summed E-state index contributed by atoms with van der Waals surface area (Å²) in [5.74, 6) is 0.942. The molecule has 1 heterocycles. The summed E-state index contributed by atoms with van der Waals surface area (Å²) in [6.45, 7) is 3.97. The quantitative estimate of drug-likeness (QED) is 0.363. The summed E-state index contributed by atoms with van der Waals surface area (Å²) < 4.78 is 12.1. The lowest BCUT2D eigenvalue weighted by Crippen LogP contribution is -2.21. The number of amides is 1. The normalized spacial score (nSPS) is 10.8. The molecule has 0 atom stereocenters. The SMILES string of the molecule is CCOc1cc(-c2nc3ccccc3c(=O)[nH]2)cc(Br)c1OCC(=O)Nc1ccccc1C. The van der Waals surface area contributed by atoms with Gasteiger partial charge in [-0.05, 0) is 65.7 Å². The molecule has 0 fully saturated rings. The highest BCUT2D eigenvalue weighted by Crippen LogP contribution is 2.39. The fourth-order valence-electron chi connectivity index (χ4n) is 3.37. The molecule has 0 spiro atoms. The third-order valence-corrected chi connectivity index (χ3v) is 5.55. The fourth-order valence-corrected chi connectivity index (χ4v) is 3.92. The number of hydrogen-bond donors (Lipinski definition) is 2. The monoisotopic (exact) mass is 507 g/mol. The summed E-state index contributed by atoms with van der Waals surface area (Å²) in [7, 11) is 0. The zero-order valence-electron chi connectivity index (χ0n) is 18.1. The van der Waals surface area contributed by atoms with Crippen LogP contribution in [0.15, 0.2) is 69.9 Å². The number of rotatable bonds is 7. The van der Waals surface area contributed by atoms with Crippen molar-refractivity contribution in [3.63, 3.8) is 0 Å². The number of para-hydroxylation sites is 2. The maximum atomic E-state index is 12.5. The average molecular weight is 508 g/mol. The van der Waals surface area contributed by atoms with Gasteiger partial charge in [-0.15, -0.1) is 0 Å². The van der Waals surface area contributed by atoms with Crippen LogP contribution in [0.2, 0.25) is 0 Å². The van der Waals surface area contributed by atoms with Gasteiger partial charge in [0, 0.05) is 11.3 Å². The lowest BCUT2D eigenvalue weighted by Gasteiger charge is -2.16. The molecule has 7 nitrogen and oxygen atoms in total. The Morgan fingerprint density at radius 1 is 1.09 bits per heavy atom. The van der Waals surface area contributed by atoms with Crippen LogP contribution in [0.1, 0.15) is 12.5 Å². The number of aryl methyl sites for hydroxylation is 1. The summed E-state index contributed by atoms with van der Waals surface area (Å²) in [5.41, 5.74) is 2.71. The number of aromatic nitrogens is 2. The van der Waals surface area contributed by atoms with Crippen LogP contribution < -0.4 is 20.3 Å². The van der Waals surface area contributed by atoms with Crippen LogP contribution in [0.3, 0.4) is 0 Å². The van der Waals surface area contributed by atoms with Gasteiger partial charge in [0.15, 0.2) is 18.1 Å². The summed E-state index contributed by atoms with van der Waals surface area (Å²) in [5, 5.41) is 3.36. The number of benzene rings is 3. The fraction of sp³-hybridized carbons (Fsp3) is 0.160. The van der Waals surface area contributed by atoms with E-state index in [1.54, 1.807) is 30.3 Å². The summed E-state index contributed by atoms with van der Waals surface area (Å²) >= 11 is 3.51. The number of nitrogens with one attached hydrogen (secondary N) is 2. The largest absolute Gasteiger partial charge is 0.490 e. The first-order valence-electron chi connectivity index (χ1n) is 10.4. The van der Waals surface area contributed by atoms with Gasteiger partial charge in [-0.1, -0.05) is 30.3 Å². The van der Waals surface area contributed by atoms with Crippen LogP contribution in [-0.2, 0) is 4.79 Å². The molecule has 0 bridgehead atoms. The molecule has 0 aliphatic heterocycles. The Labute approximate surface area is 198 Å². The van der Waals surface area contributed by atoms with Crippen molar-refractivity contribution in [3.8, 4) is 22.9 Å². The second-order valence-corrected chi connectivity index (χ2v) is 8.16. The van der Waals surface area contributed by atoms with Gasteiger partial charge in [0.2, 0.25) is 0 Å². The number of carbonyl (C=O) groups excluding carboxylic acids is 1. The van der Waals surface area contributed by atoms with Gasteiger partial charge in [-0.2, -0.15) is 0 Å². The van der Waals surface area contributed by atoms with Crippen molar-refractivity contribution in [2.45, 2.75) is 13.8 Å². The van der Waals surface area contributed by atoms with Crippen molar-refractivity contribution >= 4 is 38.4 Å². The number of H-pyrrole nitrogens is 1. The highest BCUT2D eigenvalue weighted by Gasteiger charge is 2.17. The van der Waals surface area contributed by atoms with Crippen LogP contribution in [-0.4, -0.2) is 29.1 Å². The molecule has 2 N–H and O–H groups in total. The standard InChI is InChI=1S/C25H22BrN3O4/c1-3-32-21-13-16(24-28-20-11-7-5-9-17(20)25(31)29-24)12-18(26)23(21)33-14-22(30)27-19-10-6-4-8-15(19)2/h4-13H,3,14H2,1-2H3,(H,27,30)(H,28,29,31). The number of carbonyl (C=O) groups is 1. The van der Waals surface area contributed by atoms with Crippen LogP contribution in [0.5, 0.6) is 11.5 Å². The van der Waals surface area contributed by atoms with Gasteiger partial charge in [0.1, 0.15) is 5.82 Å². The minimum absolute atomic E-state index is 0.197. The molecule has 3 aromatic carbocycles. The van der Waals surface area contributed by atoms with Gasteiger partial charge in [0.25, 0.3) is 11.5 Å². The third kappa shape index (κ3) is 5.06. The van der Waals surface area contributed by atoms with E-state index in [1.165, 1.54) is 0 Å². The van der Waals surface area contributed by atoms with Crippen LogP contribution in [0, 0.1) is 6.92 Å². The van der Waals surface area contributed by atoms with E-state index in [0.29, 0.717) is 44.9 Å². The van der Waals surface area contributed by atoms with Gasteiger partial charge in [-0.3, -0.25) is 9.59 Å². The van der Waals surface area contributed by atoms with E-state index in [0.717, 1.165) is 11.3 Å². The first kappa shape index (κ1) is 22.5. The van der Waals surface area contributed by atoms with Crippen molar-refractivity contribution in [2.24, 2.45) is 0 Å². The Morgan fingerprint density at radius 3 is 2.64 bits per heavy atom. The van der Waals surface area contributed by atoms with E-state index < -0.39 is 0 Å². The van der Waals surface area contributed by atoms with E-state index in [1.807, 2.05) is 44.2 Å². The molecular weight excluding hydrogens is 486 g/mol. The van der Waals surface area contributed by atoms with E-state index in [-0.39, 0.29) is 18.1 Å². The number of halogens is 1. The molecule has 33 heavy (non-hydrogen) atoms. The minimum atomic E-state index is -0.289. The first-order chi connectivity index (χ1) is 16.0.